The molecule has 9 rings (SSSR count). The van der Waals surface area contributed by atoms with E-state index < -0.39 is 0 Å². The van der Waals surface area contributed by atoms with Gasteiger partial charge in [0.2, 0.25) is 0 Å². The monoisotopic (exact) mass is 874 g/mol. The minimum absolute atomic E-state index is 0.0833. The molecule has 2 heteroatoms. The summed E-state index contributed by atoms with van der Waals surface area (Å²) in [5, 5.41) is 0. The molecule has 0 aliphatic rings. The SMILES string of the molecule is Cc1ccc(C(=C(c2ccccc2)c2ccc(C)cc2)c2ccccc2)cc1.Cc1ccc(C(=O)c2ccc(C)cc2)cc1.Cc1ccc(C)cc1.Cc1ccc(Oc2ccc(C)cc2)cc1. The fourth-order valence-electron chi connectivity index (χ4n) is 7.12. The highest BCUT2D eigenvalue weighted by atomic mass is 16.5. The largest absolute Gasteiger partial charge is 0.457 e. The minimum Gasteiger partial charge on any atom is -0.457 e. The van der Waals surface area contributed by atoms with Gasteiger partial charge in [-0.05, 0) is 113 Å². The Morgan fingerprint density at radius 3 is 0.687 bits per heavy atom. The highest BCUT2D eigenvalue weighted by molar-refractivity contribution is 6.09. The highest BCUT2D eigenvalue weighted by Crippen LogP contribution is 2.37. The van der Waals surface area contributed by atoms with Crippen molar-refractivity contribution in [3.05, 3.63) is 308 Å². The summed E-state index contributed by atoms with van der Waals surface area (Å²) in [7, 11) is 0. The molecule has 334 valence electrons. The molecule has 0 saturated carbocycles. The molecular weight excluding hydrogens is 813 g/mol. The third-order valence-corrected chi connectivity index (χ3v) is 11.2. The number of hydrogen-bond donors (Lipinski definition) is 0. The first kappa shape index (κ1) is 48.6. The van der Waals surface area contributed by atoms with Crippen molar-refractivity contribution in [1.29, 1.82) is 0 Å². The number of aryl methyl sites for hydroxylation is 8. The lowest BCUT2D eigenvalue weighted by Gasteiger charge is -2.18. The number of benzene rings is 9. The van der Waals surface area contributed by atoms with Gasteiger partial charge in [-0.25, -0.2) is 0 Å². The van der Waals surface area contributed by atoms with Gasteiger partial charge in [0.25, 0.3) is 0 Å². The number of carbonyl (C=O) groups excluding carboxylic acids is 1. The lowest BCUT2D eigenvalue weighted by atomic mass is 9.85. The summed E-state index contributed by atoms with van der Waals surface area (Å²) in [4.78, 5) is 12.1. The van der Waals surface area contributed by atoms with E-state index in [9.17, 15) is 4.79 Å². The molecule has 0 fully saturated rings. The van der Waals surface area contributed by atoms with E-state index >= 15 is 0 Å². The molecule has 0 saturated heterocycles. The summed E-state index contributed by atoms with van der Waals surface area (Å²) < 4.78 is 5.69. The smallest absolute Gasteiger partial charge is 0.193 e. The molecule has 0 heterocycles. The topological polar surface area (TPSA) is 26.3 Å². The van der Waals surface area contributed by atoms with Gasteiger partial charge in [0.15, 0.2) is 5.78 Å². The Bertz CT molecular complexity index is 2710. The zero-order chi connectivity index (χ0) is 47.5. The predicted molar refractivity (Wildman–Crippen MR) is 284 cm³/mol. The minimum atomic E-state index is 0.0833. The molecule has 0 radical (unpaired) electrons. The summed E-state index contributed by atoms with van der Waals surface area (Å²) >= 11 is 0. The molecule has 67 heavy (non-hydrogen) atoms. The highest BCUT2D eigenvalue weighted by Gasteiger charge is 2.16. The maximum absolute atomic E-state index is 12.1. The fraction of sp³-hybridized carbons (Fsp3) is 0.123. The van der Waals surface area contributed by atoms with E-state index in [-0.39, 0.29) is 5.78 Å². The number of rotatable bonds is 8. The van der Waals surface area contributed by atoms with Crippen LogP contribution in [-0.4, -0.2) is 5.78 Å². The van der Waals surface area contributed by atoms with Crippen molar-refractivity contribution < 1.29 is 9.53 Å². The summed E-state index contributed by atoms with van der Waals surface area (Å²) in [5.74, 6) is 1.84. The van der Waals surface area contributed by atoms with Crippen LogP contribution in [0.3, 0.4) is 0 Å². The standard InChI is InChI=1S/C28H24.C15H14O.C14H14O.C8H10/c1-21-13-17-25(18-14-21)27(23-9-5-3-6-10-23)28(24-11-7-4-8-12-24)26-19-15-22(2)16-20-26;1-11-3-7-13(8-4-11)15(16)14-9-5-12(2)6-10-14;1-11-3-7-13(8-4-11)15-14-9-5-12(2)6-10-14;1-7-3-5-8(2)6-4-7/h3-20H,1-2H3;3-10H,1-2H3;3-10H,1-2H3;3-6H,1-2H3. The first-order valence-electron chi connectivity index (χ1n) is 22.9. The number of hydrogen-bond acceptors (Lipinski definition) is 2. The molecule has 0 aliphatic carbocycles. The van der Waals surface area contributed by atoms with Crippen LogP contribution >= 0.6 is 0 Å². The van der Waals surface area contributed by atoms with Crippen LogP contribution in [-0.2, 0) is 0 Å². The molecule has 0 aromatic heterocycles. The lowest BCUT2D eigenvalue weighted by Crippen LogP contribution is -2.00. The molecule has 0 bridgehead atoms. The van der Waals surface area contributed by atoms with Crippen molar-refractivity contribution in [2.75, 3.05) is 0 Å². The van der Waals surface area contributed by atoms with E-state index in [1.807, 2.05) is 111 Å². The third-order valence-electron chi connectivity index (χ3n) is 11.2. The van der Waals surface area contributed by atoms with Gasteiger partial charge < -0.3 is 4.74 Å². The van der Waals surface area contributed by atoms with Gasteiger partial charge in [-0.3, -0.25) is 4.79 Å². The van der Waals surface area contributed by atoms with E-state index in [2.05, 4.69) is 175 Å². The molecule has 0 unspecified atom stereocenters. The normalized spacial score (nSPS) is 10.7. The van der Waals surface area contributed by atoms with Crippen molar-refractivity contribution in [2.45, 2.75) is 55.4 Å². The Morgan fingerprint density at radius 1 is 0.239 bits per heavy atom. The van der Waals surface area contributed by atoms with Crippen LogP contribution in [0.15, 0.2) is 231 Å². The first-order valence-corrected chi connectivity index (χ1v) is 22.9. The number of carbonyl (C=O) groups is 1. The van der Waals surface area contributed by atoms with E-state index in [1.165, 1.54) is 77.9 Å². The summed E-state index contributed by atoms with van der Waals surface area (Å²) in [6.45, 7) is 16.6. The maximum Gasteiger partial charge on any atom is 0.193 e. The van der Waals surface area contributed by atoms with Crippen LogP contribution in [0, 0.1) is 55.4 Å². The van der Waals surface area contributed by atoms with Crippen molar-refractivity contribution in [1.82, 2.24) is 0 Å². The Morgan fingerprint density at radius 2 is 0.433 bits per heavy atom. The van der Waals surface area contributed by atoms with Crippen LogP contribution in [0.5, 0.6) is 11.5 Å². The van der Waals surface area contributed by atoms with E-state index in [1.54, 1.807) is 0 Å². The average Bonchev–Trinajstić information content (AvgIpc) is 3.35. The second-order valence-corrected chi connectivity index (χ2v) is 17.2. The van der Waals surface area contributed by atoms with Gasteiger partial charge in [0, 0.05) is 11.1 Å². The third kappa shape index (κ3) is 15.1. The van der Waals surface area contributed by atoms with Crippen LogP contribution in [0.2, 0.25) is 0 Å². The van der Waals surface area contributed by atoms with Gasteiger partial charge in [-0.2, -0.15) is 0 Å². The van der Waals surface area contributed by atoms with Crippen molar-refractivity contribution >= 4 is 16.9 Å². The van der Waals surface area contributed by atoms with E-state index in [0.717, 1.165) is 22.6 Å². The molecule has 0 aliphatic heterocycles. The molecule has 9 aromatic rings. The van der Waals surface area contributed by atoms with E-state index in [0.29, 0.717) is 0 Å². The Labute approximate surface area is 400 Å². The quantitative estimate of drug-likeness (QED) is 0.112. The zero-order valence-corrected chi connectivity index (χ0v) is 40.3. The van der Waals surface area contributed by atoms with Crippen molar-refractivity contribution in [3.63, 3.8) is 0 Å². The maximum atomic E-state index is 12.1. The Balaban J connectivity index is 0.000000162. The first-order chi connectivity index (χ1) is 32.4. The molecule has 9 aromatic carbocycles. The fourth-order valence-corrected chi connectivity index (χ4v) is 7.12. The molecule has 0 atom stereocenters. The average molecular weight is 875 g/mol. The molecule has 0 spiro atoms. The molecular formula is C65H62O2. The summed E-state index contributed by atoms with van der Waals surface area (Å²) in [6.07, 6.45) is 0. The molecule has 2 nitrogen and oxygen atoms in total. The Kier molecular flexibility index (Phi) is 17.8. The van der Waals surface area contributed by atoms with Crippen LogP contribution in [0.25, 0.3) is 11.1 Å². The van der Waals surface area contributed by atoms with Crippen LogP contribution in [0.1, 0.15) is 82.7 Å². The van der Waals surface area contributed by atoms with E-state index in [4.69, 9.17) is 4.74 Å². The number of ketones is 1. The molecule has 0 amide bonds. The van der Waals surface area contributed by atoms with Crippen LogP contribution < -0.4 is 4.74 Å². The predicted octanol–water partition coefficient (Wildman–Crippen LogP) is 17.2. The van der Waals surface area contributed by atoms with Gasteiger partial charge in [-0.15, -0.1) is 0 Å². The summed E-state index contributed by atoms with van der Waals surface area (Å²) in [6, 6.07) is 79.0. The van der Waals surface area contributed by atoms with Gasteiger partial charge >= 0.3 is 0 Å². The summed E-state index contributed by atoms with van der Waals surface area (Å²) in [5.41, 5.74) is 18.9. The second-order valence-electron chi connectivity index (χ2n) is 17.2. The van der Waals surface area contributed by atoms with Crippen molar-refractivity contribution in [2.24, 2.45) is 0 Å². The number of ether oxygens (including phenoxy) is 1. The second kappa shape index (κ2) is 24.5. The molecule has 0 N–H and O–H groups in total. The van der Waals surface area contributed by atoms with Crippen LogP contribution in [0.4, 0.5) is 0 Å². The Hall–Kier alpha value is -7.81. The zero-order valence-electron chi connectivity index (χ0n) is 40.3. The van der Waals surface area contributed by atoms with Gasteiger partial charge in [0.05, 0.1) is 0 Å². The van der Waals surface area contributed by atoms with Crippen molar-refractivity contribution in [3.8, 4) is 11.5 Å². The van der Waals surface area contributed by atoms with Gasteiger partial charge in [0.1, 0.15) is 11.5 Å². The van der Waals surface area contributed by atoms with Gasteiger partial charge in [-0.1, -0.05) is 251 Å². The lowest BCUT2D eigenvalue weighted by molar-refractivity contribution is 0.103.